The molecular formula is C22H23N7O3S. The van der Waals surface area contributed by atoms with Gasteiger partial charge < -0.3 is 14.7 Å². The monoisotopic (exact) mass is 465 g/mol. The Labute approximate surface area is 191 Å². The minimum Gasteiger partial charge on any atom is -0.356 e. The number of aryl methyl sites for hydroxylation is 1. The van der Waals surface area contributed by atoms with Gasteiger partial charge in [-0.1, -0.05) is 23.4 Å². The van der Waals surface area contributed by atoms with Crippen molar-refractivity contribution in [3.05, 3.63) is 66.0 Å². The number of piperazine rings is 1. The van der Waals surface area contributed by atoms with Gasteiger partial charge in [0.25, 0.3) is 0 Å². The fourth-order valence-corrected chi connectivity index (χ4v) is 5.19. The van der Waals surface area contributed by atoms with E-state index in [0.29, 0.717) is 54.9 Å². The zero-order chi connectivity index (χ0) is 22.8. The Morgan fingerprint density at radius 1 is 0.970 bits per heavy atom. The van der Waals surface area contributed by atoms with Crippen LogP contribution in [0, 0.1) is 6.92 Å². The number of aromatic nitrogens is 4. The van der Waals surface area contributed by atoms with Gasteiger partial charge in [0.05, 0.1) is 0 Å². The highest BCUT2D eigenvalue weighted by atomic mass is 32.2. The predicted octanol–water partition coefficient (Wildman–Crippen LogP) is 2.72. The van der Waals surface area contributed by atoms with Gasteiger partial charge in [0.2, 0.25) is 10.0 Å². The van der Waals surface area contributed by atoms with Crippen LogP contribution in [-0.4, -0.2) is 59.2 Å². The number of hydrogen-bond acceptors (Lipinski definition) is 9. The van der Waals surface area contributed by atoms with Gasteiger partial charge in [0, 0.05) is 37.8 Å². The van der Waals surface area contributed by atoms with Gasteiger partial charge >= 0.3 is 0 Å². The molecule has 4 aromatic rings. The molecule has 33 heavy (non-hydrogen) atoms. The van der Waals surface area contributed by atoms with Crippen LogP contribution < -0.4 is 10.2 Å². The van der Waals surface area contributed by atoms with Gasteiger partial charge in [-0.2, -0.15) is 4.31 Å². The number of nitrogens with one attached hydrogen (secondary N) is 1. The van der Waals surface area contributed by atoms with Gasteiger partial charge in [-0.25, -0.2) is 13.4 Å². The van der Waals surface area contributed by atoms with Crippen molar-refractivity contribution in [1.29, 1.82) is 0 Å². The third-order valence-electron chi connectivity index (χ3n) is 5.55. The number of fused-ring (bicyclic) bond motifs is 1. The summed E-state index contributed by atoms with van der Waals surface area (Å²) in [6.07, 6.45) is 1.78. The molecule has 1 N–H and O–H groups in total. The van der Waals surface area contributed by atoms with Crippen molar-refractivity contribution in [3.8, 4) is 0 Å². The molecule has 0 spiro atoms. The Hall–Kier alpha value is -3.57. The first-order valence-electron chi connectivity index (χ1n) is 10.6. The van der Waals surface area contributed by atoms with E-state index in [4.69, 9.17) is 4.52 Å². The molecule has 0 radical (unpaired) electrons. The average Bonchev–Trinajstić information content (AvgIpc) is 3.23. The maximum atomic E-state index is 13.0. The summed E-state index contributed by atoms with van der Waals surface area (Å²) in [5.74, 6) is 1.81. The van der Waals surface area contributed by atoms with Crippen LogP contribution in [0.5, 0.6) is 0 Å². The lowest BCUT2D eigenvalue weighted by atomic mass is 10.2. The summed E-state index contributed by atoms with van der Waals surface area (Å²) in [4.78, 5) is 6.32. The zero-order valence-electron chi connectivity index (χ0n) is 18.0. The van der Waals surface area contributed by atoms with E-state index < -0.39 is 10.0 Å². The molecule has 10 nitrogen and oxygen atoms in total. The summed E-state index contributed by atoms with van der Waals surface area (Å²) in [5.41, 5.74) is 2.10. The van der Waals surface area contributed by atoms with Crippen LogP contribution in [-0.2, 0) is 15.8 Å². The standard InChI is InChI=1S/C22H23N7O3S/c1-16-6-7-20(23-14-16)24-21-8-9-22(26-25-21)28-10-12-29(13-11-28)33(30,31)15-18-17-4-2-3-5-19(17)32-27-18/h2-9,14H,10-13,15H2,1H3,(H,23,24,25). The second-order valence-electron chi connectivity index (χ2n) is 7.89. The van der Waals surface area contributed by atoms with Gasteiger partial charge in [-0.3, -0.25) is 0 Å². The van der Waals surface area contributed by atoms with Crippen molar-refractivity contribution in [3.63, 3.8) is 0 Å². The van der Waals surface area contributed by atoms with Crippen molar-refractivity contribution in [2.75, 3.05) is 36.4 Å². The molecule has 1 aromatic carbocycles. The number of hydrogen-bond donors (Lipinski definition) is 1. The molecule has 0 amide bonds. The molecule has 0 saturated carbocycles. The summed E-state index contributed by atoms with van der Waals surface area (Å²) in [6, 6.07) is 14.8. The quantitative estimate of drug-likeness (QED) is 0.458. The number of anilines is 3. The van der Waals surface area contributed by atoms with E-state index in [1.807, 2.05) is 54.3 Å². The maximum Gasteiger partial charge on any atom is 0.220 e. The van der Waals surface area contributed by atoms with Crippen molar-refractivity contribution >= 4 is 38.4 Å². The van der Waals surface area contributed by atoms with Crippen molar-refractivity contribution in [2.45, 2.75) is 12.7 Å². The number of nitrogens with zero attached hydrogens (tertiary/aromatic N) is 6. The number of pyridine rings is 1. The van der Waals surface area contributed by atoms with Crippen LogP contribution in [0.15, 0.2) is 59.3 Å². The second kappa shape index (κ2) is 8.75. The number of rotatable bonds is 6. The highest BCUT2D eigenvalue weighted by molar-refractivity contribution is 7.88. The van der Waals surface area contributed by atoms with Gasteiger partial charge in [-0.15, -0.1) is 10.2 Å². The van der Waals surface area contributed by atoms with Crippen molar-refractivity contribution < 1.29 is 12.9 Å². The third-order valence-corrected chi connectivity index (χ3v) is 7.34. The largest absolute Gasteiger partial charge is 0.356 e. The molecular weight excluding hydrogens is 442 g/mol. The highest BCUT2D eigenvalue weighted by Crippen LogP contribution is 2.23. The van der Waals surface area contributed by atoms with Crippen LogP contribution >= 0.6 is 0 Å². The molecule has 5 rings (SSSR count). The predicted molar refractivity (Wildman–Crippen MR) is 125 cm³/mol. The molecule has 3 aromatic heterocycles. The number of benzene rings is 1. The highest BCUT2D eigenvalue weighted by Gasteiger charge is 2.29. The van der Waals surface area contributed by atoms with Crippen LogP contribution in [0.25, 0.3) is 11.0 Å². The normalized spacial score (nSPS) is 15.1. The summed E-state index contributed by atoms with van der Waals surface area (Å²) >= 11 is 0. The van der Waals surface area contributed by atoms with Crippen LogP contribution in [0.4, 0.5) is 17.5 Å². The van der Waals surface area contributed by atoms with E-state index in [1.165, 1.54) is 4.31 Å². The Kier molecular flexibility index (Phi) is 5.65. The minimum absolute atomic E-state index is 0.183. The van der Waals surface area contributed by atoms with E-state index in [2.05, 4.69) is 25.7 Å². The Balaban J connectivity index is 1.20. The Morgan fingerprint density at radius 3 is 2.48 bits per heavy atom. The average molecular weight is 466 g/mol. The summed E-state index contributed by atoms with van der Waals surface area (Å²) in [5, 5.41) is 16.3. The van der Waals surface area contributed by atoms with Gasteiger partial charge in [-0.05, 0) is 42.8 Å². The first-order chi connectivity index (χ1) is 16.0. The molecule has 0 aliphatic carbocycles. The van der Waals surface area contributed by atoms with Gasteiger partial charge in [0.15, 0.2) is 17.2 Å². The lowest BCUT2D eigenvalue weighted by Gasteiger charge is -2.34. The third kappa shape index (κ3) is 4.64. The lowest BCUT2D eigenvalue weighted by Crippen LogP contribution is -2.49. The molecule has 11 heteroatoms. The summed E-state index contributed by atoms with van der Waals surface area (Å²) < 4.78 is 32.7. The molecule has 1 saturated heterocycles. The van der Waals surface area contributed by atoms with Crippen LogP contribution in [0.2, 0.25) is 0 Å². The Bertz CT molecular complexity index is 1350. The zero-order valence-corrected chi connectivity index (χ0v) is 18.9. The SMILES string of the molecule is Cc1ccc(Nc2ccc(N3CCN(S(=O)(=O)Cc4noc5ccccc45)CC3)nn2)nc1. The first-order valence-corrected chi connectivity index (χ1v) is 12.2. The summed E-state index contributed by atoms with van der Waals surface area (Å²) in [7, 11) is -3.52. The first kappa shape index (κ1) is 21.3. The van der Waals surface area contributed by atoms with Crippen molar-refractivity contribution in [2.24, 2.45) is 0 Å². The molecule has 170 valence electrons. The fraction of sp³-hybridized carbons (Fsp3) is 0.273. The van der Waals surface area contributed by atoms with Gasteiger partial charge in [0.1, 0.15) is 17.3 Å². The summed E-state index contributed by atoms with van der Waals surface area (Å²) in [6.45, 7) is 3.77. The van der Waals surface area contributed by atoms with E-state index >= 15 is 0 Å². The fourth-order valence-electron chi connectivity index (χ4n) is 3.74. The number of sulfonamides is 1. The molecule has 1 aliphatic rings. The van der Waals surface area contributed by atoms with E-state index in [-0.39, 0.29) is 5.75 Å². The molecule has 1 aliphatic heterocycles. The maximum absolute atomic E-state index is 13.0. The van der Waals surface area contributed by atoms with Crippen molar-refractivity contribution in [1.82, 2.24) is 24.6 Å². The van der Waals surface area contributed by atoms with E-state index in [1.54, 1.807) is 12.3 Å². The minimum atomic E-state index is -3.52. The topological polar surface area (TPSA) is 117 Å². The van der Waals surface area contributed by atoms with E-state index in [9.17, 15) is 8.42 Å². The lowest BCUT2D eigenvalue weighted by molar-refractivity contribution is 0.381. The molecule has 0 atom stereocenters. The molecule has 0 bridgehead atoms. The van der Waals surface area contributed by atoms with Crippen LogP contribution in [0.1, 0.15) is 11.3 Å². The number of para-hydroxylation sites is 1. The Morgan fingerprint density at radius 2 is 1.76 bits per heavy atom. The second-order valence-corrected chi connectivity index (χ2v) is 9.86. The van der Waals surface area contributed by atoms with Crippen LogP contribution in [0.3, 0.4) is 0 Å². The molecule has 1 fully saturated rings. The van der Waals surface area contributed by atoms with E-state index in [0.717, 1.165) is 10.9 Å². The molecule has 4 heterocycles. The smallest absolute Gasteiger partial charge is 0.220 e. The molecule has 0 unspecified atom stereocenters.